The zero-order chi connectivity index (χ0) is 11.8. The third kappa shape index (κ3) is 3.18. The first-order valence-corrected chi connectivity index (χ1v) is 5.70. The molecule has 0 radical (unpaired) electrons. The molecule has 17 heavy (non-hydrogen) atoms. The minimum absolute atomic E-state index is 0. The molecule has 4 heteroatoms. The highest BCUT2D eigenvalue weighted by Crippen LogP contribution is 2.31. The Labute approximate surface area is 108 Å². The van der Waals surface area contributed by atoms with E-state index in [0.717, 1.165) is 12.8 Å². The molecular weight excluding hydrogens is 241 g/mol. The summed E-state index contributed by atoms with van der Waals surface area (Å²) in [6, 6.07) is 6.37. The van der Waals surface area contributed by atoms with Crippen LogP contribution in [0.1, 0.15) is 38.4 Å². The molecule has 0 amide bonds. The fourth-order valence-electron chi connectivity index (χ4n) is 2.33. The second kappa shape index (κ2) is 5.34. The number of benzene rings is 1. The minimum atomic E-state index is -0.761. The van der Waals surface area contributed by atoms with Crippen LogP contribution < -0.4 is 5.32 Å². The summed E-state index contributed by atoms with van der Waals surface area (Å²) >= 11 is 0. The van der Waals surface area contributed by atoms with Crippen LogP contribution in [-0.4, -0.2) is 16.7 Å². The van der Waals surface area contributed by atoms with Crippen LogP contribution in [-0.2, 0) is 0 Å². The topological polar surface area (TPSA) is 32.3 Å². The van der Waals surface area contributed by atoms with E-state index in [9.17, 15) is 9.50 Å². The van der Waals surface area contributed by atoms with Gasteiger partial charge in [0, 0.05) is 17.1 Å². The monoisotopic (exact) mass is 259 g/mol. The number of halogens is 2. The maximum atomic E-state index is 13.5. The smallest absolute Gasteiger partial charge is 0.129 e. The van der Waals surface area contributed by atoms with Gasteiger partial charge in [-0.05, 0) is 32.8 Å². The molecule has 1 fully saturated rings. The van der Waals surface area contributed by atoms with E-state index in [2.05, 4.69) is 19.2 Å². The Balaban J connectivity index is 0.00000144. The van der Waals surface area contributed by atoms with Crippen molar-refractivity contribution in [2.24, 2.45) is 0 Å². The Kier molecular flexibility index (Phi) is 4.53. The standard InChI is InChI=1S/C13H18FNO.ClH/c1-13(2)8-7-11(15-13)12(16)9-5-3-4-6-10(9)14;/h3-6,11-12,15-16H,7-8H2,1-2H3;1H/t11-,12?;/m1./s1. The van der Waals surface area contributed by atoms with E-state index in [1.54, 1.807) is 18.2 Å². The maximum absolute atomic E-state index is 13.5. The average Bonchev–Trinajstić information content (AvgIpc) is 2.59. The summed E-state index contributed by atoms with van der Waals surface area (Å²) in [7, 11) is 0. The lowest BCUT2D eigenvalue weighted by molar-refractivity contribution is 0.127. The van der Waals surface area contributed by atoms with E-state index < -0.39 is 6.10 Å². The largest absolute Gasteiger partial charge is 0.387 e. The first-order chi connectivity index (χ1) is 7.49. The summed E-state index contributed by atoms with van der Waals surface area (Å²) < 4.78 is 13.5. The van der Waals surface area contributed by atoms with Crippen LogP contribution in [0.25, 0.3) is 0 Å². The predicted molar refractivity (Wildman–Crippen MR) is 68.8 cm³/mol. The molecule has 1 aromatic rings. The summed E-state index contributed by atoms with van der Waals surface area (Å²) in [6.45, 7) is 4.20. The first-order valence-electron chi connectivity index (χ1n) is 5.70. The summed E-state index contributed by atoms with van der Waals surface area (Å²) in [5.74, 6) is -0.332. The lowest BCUT2D eigenvalue weighted by atomic mass is 10.00. The lowest BCUT2D eigenvalue weighted by Gasteiger charge is -2.24. The van der Waals surface area contributed by atoms with E-state index in [0.29, 0.717) is 5.56 Å². The van der Waals surface area contributed by atoms with Gasteiger partial charge in [0.1, 0.15) is 5.82 Å². The summed E-state index contributed by atoms with van der Waals surface area (Å²) in [6.07, 6.45) is 1.12. The molecule has 2 atom stereocenters. The van der Waals surface area contributed by atoms with Gasteiger partial charge in [-0.2, -0.15) is 0 Å². The van der Waals surface area contributed by atoms with Crippen molar-refractivity contribution in [1.82, 2.24) is 5.32 Å². The van der Waals surface area contributed by atoms with Crippen LogP contribution in [0.2, 0.25) is 0 Å². The van der Waals surface area contributed by atoms with Gasteiger partial charge in [-0.25, -0.2) is 4.39 Å². The molecule has 96 valence electrons. The van der Waals surface area contributed by atoms with Gasteiger partial charge in [0.2, 0.25) is 0 Å². The molecule has 1 unspecified atom stereocenters. The van der Waals surface area contributed by atoms with Crippen molar-refractivity contribution in [1.29, 1.82) is 0 Å². The molecule has 0 saturated carbocycles. The van der Waals surface area contributed by atoms with Crippen molar-refractivity contribution in [3.8, 4) is 0 Å². The van der Waals surface area contributed by atoms with Crippen molar-refractivity contribution >= 4 is 12.4 Å². The summed E-state index contributed by atoms with van der Waals surface area (Å²) in [4.78, 5) is 0. The average molecular weight is 260 g/mol. The van der Waals surface area contributed by atoms with Crippen LogP contribution >= 0.6 is 12.4 Å². The van der Waals surface area contributed by atoms with Gasteiger partial charge in [-0.15, -0.1) is 12.4 Å². The SMILES string of the molecule is CC1(C)CC[C@H](C(O)c2ccccc2F)N1.Cl. The zero-order valence-corrected chi connectivity index (χ0v) is 10.9. The number of hydrogen-bond acceptors (Lipinski definition) is 2. The Morgan fingerprint density at radius 3 is 2.59 bits per heavy atom. The van der Waals surface area contributed by atoms with Gasteiger partial charge in [-0.3, -0.25) is 0 Å². The normalized spacial score (nSPS) is 24.1. The quantitative estimate of drug-likeness (QED) is 0.856. The molecule has 2 N–H and O–H groups in total. The van der Waals surface area contributed by atoms with Crippen LogP contribution in [0, 0.1) is 5.82 Å². The van der Waals surface area contributed by atoms with E-state index in [4.69, 9.17) is 0 Å². The van der Waals surface area contributed by atoms with E-state index in [1.165, 1.54) is 6.07 Å². The van der Waals surface area contributed by atoms with Crippen LogP contribution in [0.5, 0.6) is 0 Å². The molecule has 1 aromatic carbocycles. The van der Waals surface area contributed by atoms with Gasteiger partial charge >= 0.3 is 0 Å². The molecule has 1 heterocycles. The minimum Gasteiger partial charge on any atom is -0.387 e. The number of aliphatic hydroxyl groups is 1. The molecule has 0 aromatic heterocycles. The number of nitrogens with one attached hydrogen (secondary N) is 1. The predicted octanol–water partition coefficient (Wildman–Crippen LogP) is 2.81. The van der Waals surface area contributed by atoms with E-state index in [-0.39, 0.29) is 29.8 Å². The van der Waals surface area contributed by atoms with Crippen molar-refractivity contribution < 1.29 is 9.50 Å². The molecule has 0 spiro atoms. The molecule has 0 aliphatic carbocycles. The van der Waals surface area contributed by atoms with Gasteiger partial charge in [0.05, 0.1) is 6.10 Å². The fraction of sp³-hybridized carbons (Fsp3) is 0.538. The van der Waals surface area contributed by atoms with Gasteiger partial charge in [-0.1, -0.05) is 18.2 Å². The second-order valence-corrected chi connectivity index (χ2v) is 5.14. The van der Waals surface area contributed by atoms with E-state index >= 15 is 0 Å². The molecular formula is C13H19ClFNO. The number of rotatable bonds is 2. The van der Waals surface area contributed by atoms with Crippen LogP contribution in [0.3, 0.4) is 0 Å². The van der Waals surface area contributed by atoms with Gasteiger partial charge in [0.25, 0.3) is 0 Å². The molecule has 2 rings (SSSR count). The highest BCUT2D eigenvalue weighted by molar-refractivity contribution is 5.85. The van der Waals surface area contributed by atoms with Gasteiger partial charge < -0.3 is 10.4 Å². The Morgan fingerprint density at radius 1 is 1.41 bits per heavy atom. The maximum Gasteiger partial charge on any atom is 0.129 e. The van der Waals surface area contributed by atoms with Crippen molar-refractivity contribution in [2.45, 2.75) is 44.4 Å². The van der Waals surface area contributed by atoms with Crippen LogP contribution in [0.15, 0.2) is 24.3 Å². The van der Waals surface area contributed by atoms with Crippen molar-refractivity contribution in [3.05, 3.63) is 35.6 Å². The van der Waals surface area contributed by atoms with Gasteiger partial charge in [0.15, 0.2) is 0 Å². The molecule has 1 aliphatic heterocycles. The first kappa shape index (κ1) is 14.4. The summed E-state index contributed by atoms with van der Waals surface area (Å²) in [5, 5.41) is 13.5. The third-order valence-corrected chi connectivity index (χ3v) is 3.26. The molecule has 1 saturated heterocycles. The lowest BCUT2D eigenvalue weighted by Crippen LogP contribution is -2.40. The third-order valence-electron chi connectivity index (χ3n) is 3.26. The van der Waals surface area contributed by atoms with Crippen molar-refractivity contribution in [2.75, 3.05) is 0 Å². The number of aliphatic hydroxyl groups excluding tert-OH is 1. The Bertz CT molecular complexity index is 383. The molecule has 2 nitrogen and oxygen atoms in total. The highest BCUT2D eigenvalue weighted by Gasteiger charge is 2.35. The fourth-order valence-corrected chi connectivity index (χ4v) is 2.33. The van der Waals surface area contributed by atoms with Crippen LogP contribution in [0.4, 0.5) is 4.39 Å². The van der Waals surface area contributed by atoms with Crippen molar-refractivity contribution in [3.63, 3.8) is 0 Å². The number of hydrogen-bond donors (Lipinski definition) is 2. The summed E-state index contributed by atoms with van der Waals surface area (Å²) in [5.41, 5.74) is 0.425. The highest BCUT2D eigenvalue weighted by atomic mass is 35.5. The Morgan fingerprint density at radius 2 is 2.06 bits per heavy atom. The molecule has 1 aliphatic rings. The zero-order valence-electron chi connectivity index (χ0n) is 10.1. The Hall–Kier alpha value is -0.640. The molecule has 0 bridgehead atoms. The second-order valence-electron chi connectivity index (χ2n) is 5.14. The van der Waals surface area contributed by atoms with E-state index in [1.807, 2.05) is 0 Å².